The fourth-order valence-electron chi connectivity index (χ4n) is 1.45. The van der Waals surface area contributed by atoms with Crippen molar-refractivity contribution >= 4 is 34.0 Å². The summed E-state index contributed by atoms with van der Waals surface area (Å²) in [5.74, 6) is 0.289. The van der Waals surface area contributed by atoms with Gasteiger partial charge in [0.25, 0.3) is 0 Å². The molecule has 0 N–H and O–H groups in total. The van der Waals surface area contributed by atoms with Gasteiger partial charge in [-0.1, -0.05) is 35.3 Å². The van der Waals surface area contributed by atoms with E-state index in [1.54, 1.807) is 24.3 Å². The monoisotopic (exact) mass is 302 g/mol. The van der Waals surface area contributed by atoms with Crippen LogP contribution in [0.2, 0.25) is 10.0 Å². The number of halogens is 2. The second-order valence-electron chi connectivity index (χ2n) is 3.54. The van der Waals surface area contributed by atoms with Crippen molar-refractivity contribution in [3.05, 3.63) is 50.8 Å². The Kier molecular flexibility index (Phi) is 3.90. The predicted octanol–water partition coefficient (Wildman–Crippen LogP) is 3.35. The molecule has 1 unspecified atom stereocenters. The lowest BCUT2D eigenvalue weighted by molar-refractivity contribution is 0.521. The quantitative estimate of drug-likeness (QED) is 0.854. The van der Waals surface area contributed by atoms with E-state index in [4.69, 9.17) is 27.6 Å². The maximum atomic E-state index is 11.6. The van der Waals surface area contributed by atoms with Crippen molar-refractivity contribution in [3.8, 4) is 11.3 Å². The number of rotatable bonds is 2. The molecule has 0 bridgehead atoms. The van der Waals surface area contributed by atoms with Gasteiger partial charge in [0.15, 0.2) is 0 Å². The number of hydrogen-bond donors (Lipinski definition) is 0. The van der Waals surface area contributed by atoms with Gasteiger partial charge in [0, 0.05) is 16.8 Å². The molecule has 18 heavy (non-hydrogen) atoms. The summed E-state index contributed by atoms with van der Waals surface area (Å²) >= 11 is 11.6. The Bertz CT molecular complexity index is 679. The van der Waals surface area contributed by atoms with Crippen molar-refractivity contribution in [2.24, 2.45) is 0 Å². The Labute approximate surface area is 116 Å². The van der Waals surface area contributed by atoms with Crippen molar-refractivity contribution in [1.29, 1.82) is 0 Å². The van der Waals surface area contributed by atoms with Gasteiger partial charge in [-0.3, -0.25) is 4.21 Å². The fraction of sp³-hybridized carbons (Fsp3) is 0.0833. The third-order valence-electron chi connectivity index (χ3n) is 2.28. The summed E-state index contributed by atoms with van der Waals surface area (Å²) in [6.07, 6.45) is 1.45. The summed E-state index contributed by atoms with van der Waals surface area (Å²) in [6.45, 7) is 0. The molecule has 0 amide bonds. The average molecular weight is 303 g/mol. The Morgan fingerprint density at radius 2 is 1.94 bits per heavy atom. The van der Waals surface area contributed by atoms with Gasteiger partial charge in [0.1, 0.15) is 10.8 Å². The lowest BCUT2D eigenvalue weighted by Crippen LogP contribution is -2.05. The van der Waals surface area contributed by atoms with Gasteiger partial charge in [-0.25, -0.2) is 4.79 Å². The molecule has 1 atom stereocenters. The molecule has 0 radical (unpaired) electrons. The third-order valence-corrected chi connectivity index (χ3v) is 3.93. The van der Waals surface area contributed by atoms with Crippen molar-refractivity contribution in [1.82, 2.24) is 0 Å². The highest BCUT2D eigenvalue weighted by atomic mass is 35.5. The van der Waals surface area contributed by atoms with Crippen molar-refractivity contribution in [2.45, 2.75) is 4.90 Å². The van der Waals surface area contributed by atoms with E-state index in [1.165, 1.54) is 12.3 Å². The molecule has 0 saturated heterocycles. The second kappa shape index (κ2) is 5.26. The molecule has 1 aromatic carbocycles. The summed E-state index contributed by atoms with van der Waals surface area (Å²) < 4.78 is 16.5. The van der Waals surface area contributed by atoms with Crippen LogP contribution in [0.15, 0.2) is 44.4 Å². The smallest absolute Gasteiger partial charge is 0.356 e. The minimum atomic E-state index is -1.37. The maximum absolute atomic E-state index is 11.6. The van der Waals surface area contributed by atoms with Gasteiger partial charge in [-0.2, -0.15) is 0 Å². The number of hydrogen-bond acceptors (Lipinski definition) is 3. The zero-order valence-corrected chi connectivity index (χ0v) is 11.6. The molecule has 1 aromatic heterocycles. The lowest BCUT2D eigenvalue weighted by Gasteiger charge is -2.04. The Balaban J connectivity index is 2.66. The van der Waals surface area contributed by atoms with Crippen molar-refractivity contribution < 1.29 is 8.63 Å². The van der Waals surface area contributed by atoms with Gasteiger partial charge in [0.2, 0.25) is 0 Å². The minimum Gasteiger partial charge on any atom is -0.422 e. The van der Waals surface area contributed by atoms with Crippen LogP contribution in [-0.2, 0) is 10.8 Å². The van der Waals surface area contributed by atoms with Crippen LogP contribution in [0, 0.1) is 0 Å². The highest BCUT2D eigenvalue weighted by Gasteiger charge is 2.13. The summed E-state index contributed by atoms with van der Waals surface area (Å²) in [5.41, 5.74) is -0.0812. The molecule has 2 rings (SSSR count). The van der Waals surface area contributed by atoms with Crippen LogP contribution in [0.3, 0.4) is 0 Å². The van der Waals surface area contributed by atoms with Crippen LogP contribution in [0.4, 0.5) is 0 Å². The first kappa shape index (κ1) is 13.3. The molecular weight excluding hydrogens is 295 g/mol. The largest absolute Gasteiger partial charge is 0.422 e. The molecule has 0 aliphatic heterocycles. The fourth-order valence-corrected chi connectivity index (χ4v) is 2.67. The Morgan fingerprint density at radius 1 is 1.22 bits per heavy atom. The standard InChI is InChI=1S/C12H8Cl2O3S/c1-18(16)10-6-9(17-12(15)11(10)14)7-3-2-4-8(13)5-7/h2-6H,1H3. The van der Waals surface area contributed by atoms with Crippen molar-refractivity contribution in [3.63, 3.8) is 0 Å². The minimum absolute atomic E-state index is 0.151. The van der Waals surface area contributed by atoms with E-state index in [9.17, 15) is 9.00 Å². The summed E-state index contributed by atoms with van der Waals surface area (Å²) in [7, 11) is -1.37. The highest BCUT2D eigenvalue weighted by molar-refractivity contribution is 7.84. The molecule has 3 nitrogen and oxygen atoms in total. The van der Waals surface area contributed by atoms with Gasteiger partial charge < -0.3 is 4.42 Å². The van der Waals surface area contributed by atoms with Crippen LogP contribution >= 0.6 is 23.2 Å². The third kappa shape index (κ3) is 2.66. The zero-order valence-electron chi connectivity index (χ0n) is 9.28. The molecule has 0 fully saturated rings. The van der Waals surface area contributed by atoms with E-state index >= 15 is 0 Å². The summed E-state index contributed by atoms with van der Waals surface area (Å²) in [5, 5.41) is 0.367. The number of benzene rings is 1. The van der Waals surface area contributed by atoms with Crippen LogP contribution in [0.5, 0.6) is 0 Å². The first-order valence-electron chi connectivity index (χ1n) is 4.92. The lowest BCUT2D eigenvalue weighted by atomic mass is 10.1. The SMILES string of the molecule is CS(=O)c1cc(-c2cccc(Cl)c2)oc(=O)c1Cl. The van der Waals surface area contributed by atoms with Crippen LogP contribution in [0.1, 0.15) is 0 Å². The van der Waals surface area contributed by atoms with E-state index in [0.717, 1.165) is 0 Å². The average Bonchev–Trinajstić information content (AvgIpc) is 2.32. The zero-order chi connectivity index (χ0) is 13.3. The second-order valence-corrected chi connectivity index (χ2v) is 5.70. The van der Waals surface area contributed by atoms with Crippen LogP contribution in [0.25, 0.3) is 11.3 Å². The van der Waals surface area contributed by atoms with Gasteiger partial charge in [-0.05, 0) is 18.2 Å². The molecule has 0 aliphatic carbocycles. The molecule has 0 saturated carbocycles. The van der Waals surface area contributed by atoms with Gasteiger partial charge in [-0.15, -0.1) is 0 Å². The van der Waals surface area contributed by atoms with E-state index < -0.39 is 16.4 Å². The molecule has 0 aliphatic rings. The predicted molar refractivity (Wildman–Crippen MR) is 72.8 cm³/mol. The van der Waals surface area contributed by atoms with Crippen LogP contribution < -0.4 is 5.63 Å². The van der Waals surface area contributed by atoms with E-state index in [0.29, 0.717) is 10.6 Å². The van der Waals surface area contributed by atoms with Crippen LogP contribution in [-0.4, -0.2) is 10.5 Å². The van der Waals surface area contributed by atoms with E-state index in [2.05, 4.69) is 0 Å². The van der Waals surface area contributed by atoms with Gasteiger partial charge in [0.05, 0.1) is 15.7 Å². The summed E-state index contributed by atoms with van der Waals surface area (Å²) in [4.78, 5) is 11.8. The molecule has 94 valence electrons. The highest BCUT2D eigenvalue weighted by Crippen LogP contribution is 2.25. The summed E-state index contributed by atoms with van der Waals surface area (Å²) in [6, 6.07) is 8.31. The molecule has 2 aromatic rings. The van der Waals surface area contributed by atoms with Gasteiger partial charge >= 0.3 is 5.63 Å². The molecule has 0 spiro atoms. The van der Waals surface area contributed by atoms with E-state index in [1.807, 2.05) is 0 Å². The molecule has 1 heterocycles. The first-order valence-corrected chi connectivity index (χ1v) is 7.23. The first-order chi connectivity index (χ1) is 8.49. The molecule has 6 heteroatoms. The Morgan fingerprint density at radius 3 is 2.56 bits per heavy atom. The topological polar surface area (TPSA) is 47.3 Å². The maximum Gasteiger partial charge on any atom is 0.356 e. The Hall–Kier alpha value is -1.10. The van der Waals surface area contributed by atoms with E-state index in [-0.39, 0.29) is 15.7 Å². The van der Waals surface area contributed by atoms with Crippen molar-refractivity contribution in [2.75, 3.05) is 6.26 Å². The molecular formula is C12H8Cl2O3S. The normalized spacial score (nSPS) is 12.4.